The maximum Gasteiger partial charge on any atom is 0.168 e. The van der Waals surface area contributed by atoms with E-state index in [2.05, 4.69) is 32.4 Å². The van der Waals surface area contributed by atoms with E-state index in [1.165, 1.54) is 0 Å². The van der Waals surface area contributed by atoms with Gasteiger partial charge in [0.2, 0.25) is 0 Å². The molecular weight excluding hydrogens is 318 g/mol. The molecule has 0 saturated heterocycles. The molecule has 1 aliphatic carbocycles. The van der Waals surface area contributed by atoms with Crippen LogP contribution in [0.2, 0.25) is 0 Å². The highest BCUT2D eigenvalue weighted by Crippen LogP contribution is 2.28. The number of hydrogen-bond acceptors (Lipinski definition) is 4. The van der Waals surface area contributed by atoms with E-state index < -0.39 is 0 Å². The van der Waals surface area contributed by atoms with Crippen molar-refractivity contribution in [3.63, 3.8) is 0 Å². The quantitative estimate of drug-likeness (QED) is 0.902. The number of hydrogen-bond donors (Lipinski definition) is 2. The van der Waals surface area contributed by atoms with Gasteiger partial charge in [-0.2, -0.15) is 10.4 Å². The summed E-state index contributed by atoms with van der Waals surface area (Å²) in [5.74, 6) is 1.02. The van der Waals surface area contributed by atoms with Gasteiger partial charge >= 0.3 is 0 Å². The van der Waals surface area contributed by atoms with E-state index in [0.717, 1.165) is 22.9 Å². The number of nitrogens with two attached hydrogens (primary N) is 1. The first-order valence-corrected chi connectivity index (χ1v) is 7.24. The minimum absolute atomic E-state index is 0.415. The Bertz CT molecular complexity index is 664. The largest absolute Gasteiger partial charge is 0.383 e. The van der Waals surface area contributed by atoms with E-state index in [1.807, 2.05) is 24.3 Å². The smallest absolute Gasteiger partial charge is 0.168 e. The van der Waals surface area contributed by atoms with Crippen LogP contribution in [0.4, 0.5) is 11.6 Å². The molecular formula is C14H14BrN5. The van der Waals surface area contributed by atoms with Gasteiger partial charge in [-0.15, -0.1) is 0 Å². The summed E-state index contributed by atoms with van der Waals surface area (Å²) in [6.45, 7) is 0.556. The first-order chi connectivity index (χ1) is 9.67. The van der Waals surface area contributed by atoms with Gasteiger partial charge in [-0.05, 0) is 30.5 Å². The average Bonchev–Trinajstić information content (AvgIpc) is 3.19. The van der Waals surface area contributed by atoms with E-state index in [0.29, 0.717) is 29.8 Å². The molecule has 2 aromatic rings. The molecule has 1 saturated carbocycles. The number of rotatable bonds is 4. The van der Waals surface area contributed by atoms with Gasteiger partial charge in [-0.25, -0.2) is 4.68 Å². The molecule has 0 radical (unpaired) electrons. The number of nitrogen functional groups attached to an aromatic ring is 1. The van der Waals surface area contributed by atoms with E-state index >= 15 is 0 Å². The fraction of sp³-hybridized carbons (Fsp3) is 0.286. The Morgan fingerprint density at radius 3 is 2.70 bits per heavy atom. The topological polar surface area (TPSA) is 79.7 Å². The van der Waals surface area contributed by atoms with Crippen LogP contribution >= 0.6 is 15.9 Å². The molecule has 1 heterocycles. The molecule has 0 bridgehead atoms. The lowest BCUT2D eigenvalue weighted by Crippen LogP contribution is -2.07. The van der Waals surface area contributed by atoms with Crippen molar-refractivity contribution in [3.8, 4) is 6.07 Å². The number of halogens is 1. The summed E-state index contributed by atoms with van der Waals surface area (Å²) in [5, 5.41) is 16.9. The summed E-state index contributed by atoms with van der Waals surface area (Å²) in [6, 6.07) is 10.5. The predicted molar refractivity (Wildman–Crippen MR) is 81.2 cm³/mol. The number of anilines is 2. The molecule has 0 unspecified atom stereocenters. The molecule has 0 atom stereocenters. The second kappa shape index (κ2) is 5.17. The zero-order valence-corrected chi connectivity index (χ0v) is 12.4. The molecule has 20 heavy (non-hydrogen) atoms. The SMILES string of the molecule is N#Cc1c(NC2CC2)nn(Cc2ccc(Br)cc2)c1N. The standard InChI is InChI=1S/C14H14BrN5/c15-10-3-1-9(2-4-10)8-20-13(17)12(7-16)14(19-20)18-11-5-6-11/h1-4,11H,5-6,8,17H2,(H,18,19). The molecule has 0 spiro atoms. The Labute approximate surface area is 125 Å². The Hall–Kier alpha value is -2.00. The minimum atomic E-state index is 0.415. The molecule has 1 aliphatic rings. The summed E-state index contributed by atoms with van der Waals surface area (Å²) < 4.78 is 2.70. The normalized spacial score (nSPS) is 14.0. The first kappa shape index (κ1) is 13.0. The van der Waals surface area contributed by atoms with Crippen LogP contribution in [0.3, 0.4) is 0 Å². The van der Waals surface area contributed by atoms with E-state index in [1.54, 1.807) is 4.68 Å². The number of nitrogens with one attached hydrogen (secondary N) is 1. The fourth-order valence-electron chi connectivity index (χ4n) is 1.99. The van der Waals surface area contributed by atoms with Gasteiger partial charge in [-0.1, -0.05) is 28.1 Å². The number of nitriles is 1. The predicted octanol–water partition coefficient (Wildman–Crippen LogP) is 2.72. The summed E-state index contributed by atoms with van der Waals surface area (Å²) >= 11 is 3.41. The molecule has 3 N–H and O–H groups in total. The van der Waals surface area contributed by atoms with Gasteiger partial charge in [0.1, 0.15) is 17.5 Å². The van der Waals surface area contributed by atoms with Gasteiger partial charge in [0.15, 0.2) is 5.82 Å². The third-order valence-corrected chi connectivity index (χ3v) is 3.80. The molecule has 1 fully saturated rings. The van der Waals surface area contributed by atoms with Crippen molar-refractivity contribution < 1.29 is 0 Å². The molecule has 1 aromatic heterocycles. The number of nitrogens with zero attached hydrogens (tertiary/aromatic N) is 3. The van der Waals surface area contributed by atoms with E-state index in [9.17, 15) is 5.26 Å². The minimum Gasteiger partial charge on any atom is -0.383 e. The molecule has 6 heteroatoms. The van der Waals surface area contributed by atoms with Crippen LogP contribution in [0, 0.1) is 11.3 Å². The van der Waals surface area contributed by atoms with Crippen LogP contribution in [0.15, 0.2) is 28.7 Å². The van der Waals surface area contributed by atoms with Crippen LogP contribution in [0.5, 0.6) is 0 Å². The highest BCUT2D eigenvalue weighted by Gasteiger charge is 2.25. The zero-order valence-electron chi connectivity index (χ0n) is 10.8. The maximum atomic E-state index is 9.22. The average molecular weight is 332 g/mol. The number of benzene rings is 1. The van der Waals surface area contributed by atoms with Crippen molar-refractivity contribution >= 4 is 27.6 Å². The van der Waals surface area contributed by atoms with Crippen molar-refractivity contribution in [1.29, 1.82) is 5.26 Å². The molecule has 1 aromatic carbocycles. The monoisotopic (exact) mass is 331 g/mol. The highest BCUT2D eigenvalue weighted by atomic mass is 79.9. The molecule has 3 rings (SSSR count). The zero-order chi connectivity index (χ0) is 14.1. The lowest BCUT2D eigenvalue weighted by Gasteiger charge is -2.04. The maximum absolute atomic E-state index is 9.22. The van der Waals surface area contributed by atoms with Gasteiger partial charge in [0.25, 0.3) is 0 Å². The fourth-order valence-corrected chi connectivity index (χ4v) is 2.25. The van der Waals surface area contributed by atoms with Crippen LogP contribution in [0.1, 0.15) is 24.0 Å². The van der Waals surface area contributed by atoms with Crippen molar-refractivity contribution in [2.75, 3.05) is 11.1 Å². The first-order valence-electron chi connectivity index (χ1n) is 6.44. The summed E-state index contributed by atoms with van der Waals surface area (Å²) in [5.41, 5.74) is 7.54. The second-order valence-corrected chi connectivity index (χ2v) is 5.84. The Morgan fingerprint density at radius 2 is 2.10 bits per heavy atom. The van der Waals surface area contributed by atoms with Crippen LogP contribution in [-0.4, -0.2) is 15.8 Å². The van der Waals surface area contributed by atoms with Gasteiger partial charge in [0.05, 0.1) is 6.54 Å². The Morgan fingerprint density at radius 1 is 1.40 bits per heavy atom. The van der Waals surface area contributed by atoms with Crippen molar-refractivity contribution in [2.24, 2.45) is 0 Å². The highest BCUT2D eigenvalue weighted by molar-refractivity contribution is 9.10. The summed E-state index contributed by atoms with van der Waals surface area (Å²) in [6.07, 6.45) is 2.26. The van der Waals surface area contributed by atoms with Crippen LogP contribution in [-0.2, 0) is 6.54 Å². The lowest BCUT2D eigenvalue weighted by atomic mass is 10.2. The molecule has 0 amide bonds. The Balaban J connectivity index is 1.87. The Kier molecular flexibility index (Phi) is 3.36. The lowest BCUT2D eigenvalue weighted by molar-refractivity contribution is 0.698. The second-order valence-electron chi connectivity index (χ2n) is 4.92. The number of aromatic nitrogens is 2. The van der Waals surface area contributed by atoms with Gasteiger partial charge in [0, 0.05) is 10.5 Å². The van der Waals surface area contributed by atoms with Crippen molar-refractivity contribution in [2.45, 2.75) is 25.4 Å². The third kappa shape index (κ3) is 2.63. The van der Waals surface area contributed by atoms with Crippen LogP contribution < -0.4 is 11.1 Å². The van der Waals surface area contributed by atoms with Crippen LogP contribution in [0.25, 0.3) is 0 Å². The van der Waals surface area contributed by atoms with E-state index in [-0.39, 0.29) is 0 Å². The molecule has 0 aliphatic heterocycles. The summed E-state index contributed by atoms with van der Waals surface area (Å²) in [7, 11) is 0. The van der Waals surface area contributed by atoms with Gasteiger partial charge in [-0.3, -0.25) is 0 Å². The van der Waals surface area contributed by atoms with Crippen molar-refractivity contribution in [1.82, 2.24) is 9.78 Å². The van der Waals surface area contributed by atoms with Gasteiger partial charge < -0.3 is 11.1 Å². The van der Waals surface area contributed by atoms with E-state index in [4.69, 9.17) is 5.73 Å². The van der Waals surface area contributed by atoms with Crippen molar-refractivity contribution in [3.05, 3.63) is 39.9 Å². The molecule has 102 valence electrons. The molecule has 5 nitrogen and oxygen atoms in total. The summed E-state index contributed by atoms with van der Waals surface area (Å²) in [4.78, 5) is 0. The third-order valence-electron chi connectivity index (χ3n) is 3.27.